The number of nitrogens with zero attached hydrogens (tertiary/aromatic N) is 1. The Morgan fingerprint density at radius 3 is 2.65 bits per heavy atom. The normalized spacial score (nSPS) is 11.9. The van der Waals surface area contributed by atoms with Gasteiger partial charge < -0.3 is 5.11 Å². The lowest BCUT2D eigenvalue weighted by atomic mass is 10.1. The lowest BCUT2D eigenvalue weighted by Gasteiger charge is -2.06. The Hall–Kier alpha value is -2.15. The van der Waals surface area contributed by atoms with E-state index in [1.165, 1.54) is 30.5 Å². The second-order valence-electron chi connectivity index (χ2n) is 3.82. The fourth-order valence-electron chi connectivity index (χ4n) is 1.45. The fourth-order valence-corrected chi connectivity index (χ4v) is 2.11. The summed E-state index contributed by atoms with van der Waals surface area (Å²) < 4.78 is 37.6. The van der Waals surface area contributed by atoms with Crippen molar-refractivity contribution in [1.29, 1.82) is 0 Å². The Bertz CT molecular complexity index is 662. The van der Waals surface area contributed by atoms with Gasteiger partial charge in [-0.05, 0) is 23.8 Å². The van der Waals surface area contributed by atoms with Crippen molar-refractivity contribution in [3.05, 3.63) is 51.5 Å². The minimum atomic E-state index is -4.39. The number of aromatic carboxylic acids is 1. The Morgan fingerprint density at radius 2 is 2.05 bits per heavy atom. The van der Waals surface area contributed by atoms with Gasteiger partial charge in [-0.25, -0.2) is 9.78 Å². The van der Waals surface area contributed by atoms with E-state index in [-0.39, 0.29) is 4.88 Å². The maximum absolute atomic E-state index is 12.5. The summed E-state index contributed by atoms with van der Waals surface area (Å²) in [6.45, 7) is 0. The van der Waals surface area contributed by atoms with Gasteiger partial charge in [-0.2, -0.15) is 13.2 Å². The van der Waals surface area contributed by atoms with E-state index in [0.717, 1.165) is 23.5 Å². The summed E-state index contributed by atoms with van der Waals surface area (Å²) in [5.74, 6) is -1.08. The van der Waals surface area contributed by atoms with Crippen LogP contribution in [-0.2, 0) is 6.18 Å². The fraction of sp³-hybridized carbons (Fsp3) is 0.0769. The number of alkyl halides is 3. The van der Waals surface area contributed by atoms with E-state index in [1.807, 2.05) is 0 Å². The van der Waals surface area contributed by atoms with Crippen molar-refractivity contribution >= 4 is 29.5 Å². The molecular weight excluding hydrogens is 291 g/mol. The maximum atomic E-state index is 12.5. The van der Waals surface area contributed by atoms with Crippen molar-refractivity contribution in [3.63, 3.8) is 0 Å². The molecule has 2 aromatic rings. The predicted molar refractivity (Wildman–Crippen MR) is 69.4 cm³/mol. The summed E-state index contributed by atoms with van der Waals surface area (Å²) in [5.41, 5.74) is -0.364. The third-order valence-corrected chi connectivity index (χ3v) is 3.32. The van der Waals surface area contributed by atoms with Gasteiger partial charge >= 0.3 is 12.1 Å². The van der Waals surface area contributed by atoms with Gasteiger partial charge in [-0.15, -0.1) is 11.3 Å². The van der Waals surface area contributed by atoms with E-state index >= 15 is 0 Å². The Kier molecular flexibility index (Phi) is 3.89. The topological polar surface area (TPSA) is 50.2 Å². The van der Waals surface area contributed by atoms with Gasteiger partial charge in [0.05, 0.1) is 11.8 Å². The minimum absolute atomic E-state index is 0.0775. The number of halogens is 3. The SMILES string of the molecule is O=C(O)c1cnc(/C=C/c2cccc(C(F)(F)F)c2)s1. The number of aromatic nitrogens is 1. The molecule has 0 radical (unpaired) electrons. The van der Waals surface area contributed by atoms with E-state index in [1.54, 1.807) is 0 Å². The van der Waals surface area contributed by atoms with Gasteiger partial charge in [0.1, 0.15) is 9.88 Å². The van der Waals surface area contributed by atoms with Gasteiger partial charge in [0.25, 0.3) is 0 Å². The highest BCUT2D eigenvalue weighted by molar-refractivity contribution is 7.14. The van der Waals surface area contributed by atoms with Crippen molar-refractivity contribution in [1.82, 2.24) is 4.98 Å². The van der Waals surface area contributed by atoms with Crippen molar-refractivity contribution < 1.29 is 23.1 Å². The molecule has 0 unspecified atom stereocenters. The monoisotopic (exact) mass is 299 g/mol. The molecule has 3 nitrogen and oxygen atoms in total. The molecule has 0 aliphatic carbocycles. The summed E-state index contributed by atoms with van der Waals surface area (Å²) in [4.78, 5) is 14.6. The highest BCUT2D eigenvalue weighted by atomic mass is 32.1. The average Bonchev–Trinajstić information content (AvgIpc) is 2.85. The lowest BCUT2D eigenvalue weighted by Crippen LogP contribution is -2.04. The van der Waals surface area contributed by atoms with Crippen LogP contribution in [0.4, 0.5) is 13.2 Å². The zero-order valence-electron chi connectivity index (χ0n) is 9.89. The van der Waals surface area contributed by atoms with E-state index in [4.69, 9.17) is 5.11 Å². The summed E-state index contributed by atoms with van der Waals surface area (Å²) in [5, 5.41) is 9.15. The van der Waals surface area contributed by atoms with Crippen LogP contribution in [0.3, 0.4) is 0 Å². The van der Waals surface area contributed by atoms with E-state index in [0.29, 0.717) is 10.6 Å². The molecule has 0 saturated carbocycles. The summed E-state index contributed by atoms with van der Waals surface area (Å²) in [6, 6.07) is 4.84. The molecule has 0 amide bonds. The molecular formula is C13H8F3NO2S. The first-order valence-corrected chi connectivity index (χ1v) is 6.22. The van der Waals surface area contributed by atoms with Crippen LogP contribution >= 0.6 is 11.3 Å². The number of thiazole rings is 1. The van der Waals surface area contributed by atoms with E-state index in [9.17, 15) is 18.0 Å². The Labute approximate surface area is 116 Å². The molecule has 0 fully saturated rings. The van der Waals surface area contributed by atoms with Crippen LogP contribution in [0.5, 0.6) is 0 Å². The zero-order valence-corrected chi connectivity index (χ0v) is 10.7. The molecule has 2 rings (SSSR count). The number of benzene rings is 1. The van der Waals surface area contributed by atoms with Gasteiger partial charge in [-0.1, -0.05) is 18.2 Å². The summed E-state index contributed by atoms with van der Waals surface area (Å²) >= 11 is 0.950. The molecule has 1 aromatic heterocycles. The second kappa shape index (κ2) is 5.46. The van der Waals surface area contributed by atoms with Crippen molar-refractivity contribution in [2.75, 3.05) is 0 Å². The van der Waals surface area contributed by atoms with Crippen LogP contribution in [0.1, 0.15) is 25.8 Å². The number of carboxylic acids is 1. The van der Waals surface area contributed by atoms with Crippen LogP contribution < -0.4 is 0 Å². The molecule has 0 aliphatic rings. The molecule has 0 spiro atoms. The molecule has 1 N–H and O–H groups in total. The molecule has 0 atom stereocenters. The number of rotatable bonds is 3. The standard InChI is InChI=1S/C13H8F3NO2S/c14-13(15,16)9-3-1-2-8(6-9)4-5-11-17-7-10(20-11)12(18)19/h1-7H,(H,18,19)/b5-4+. The number of carbonyl (C=O) groups is 1. The first kappa shape index (κ1) is 14.3. The third-order valence-electron chi connectivity index (χ3n) is 2.37. The zero-order chi connectivity index (χ0) is 14.8. The molecule has 1 aromatic carbocycles. The molecule has 1 heterocycles. The Morgan fingerprint density at radius 1 is 1.30 bits per heavy atom. The maximum Gasteiger partial charge on any atom is 0.416 e. The first-order chi connectivity index (χ1) is 9.36. The van der Waals surface area contributed by atoms with E-state index in [2.05, 4.69) is 4.98 Å². The molecule has 0 aliphatic heterocycles. The summed E-state index contributed by atoms with van der Waals surface area (Å²) in [6.07, 6.45) is -0.243. The largest absolute Gasteiger partial charge is 0.477 e. The number of hydrogen-bond acceptors (Lipinski definition) is 3. The minimum Gasteiger partial charge on any atom is -0.477 e. The van der Waals surface area contributed by atoms with Crippen LogP contribution in [0, 0.1) is 0 Å². The molecule has 0 bridgehead atoms. The third kappa shape index (κ3) is 3.45. The van der Waals surface area contributed by atoms with Gasteiger partial charge in [0.2, 0.25) is 0 Å². The molecule has 104 valence electrons. The first-order valence-electron chi connectivity index (χ1n) is 5.41. The quantitative estimate of drug-likeness (QED) is 0.931. The van der Waals surface area contributed by atoms with Crippen LogP contribution in [0.25, 0.3) is 12.2 Å². The summed E-state index contributed by atoms with van der Waals surface area (Å²) in [7, 11) is 0. The van der Waals surface area contributed by atoms with Gasteiger partial charge in [-0.3, -0.25) is 0 Å². The highest BCUT2D eigenvalue weighted by Crippen LogP contribution is 2.30. The van der Waals surface area contributed by atoms with Crippen LogP contribution in [-0.4, -0.2) is 16.1 Å². The van der Waals surface area contributed by atoms with Crippen LogP contribution in [0.2, 0.25) is 0 Å². The highest BCUT2D eigenvalue weighted by Gasteiger charge is 2.30. The Balaban J connectivity index is 2.20. The average molecular weight is 299 g/mol. The van der Waals surface area contributed by atoms with Crippen molar-refractivity contribution in [3.8, 4) is 0 Å². The van der Waals surface area contributed by atoms with Gasteiger partial charge in [0, 0.05) is 0 Å². The van der Waals surface area contributed by atoms with Crippen molar-refractivity contribution in [2.45, 2.75) is 6.18 Å². The molecule has 0 saturated heterocycles. The van der Waals surface area contributed by atoms with Crippen LogP contribution in [0.15, 0.2) is 30.5 Å². The predicted octanol–water partition coefficient (Wildman–Crippen LogP) is 4.03. The molecule has 20 heavy (non-hydrogen) atoms. The smallest absolute Gasteiger partial charge is 0.416 e. The number of carboxylic acid groups (broad SMARTS) is 1. The van der Waals surface area contributed by atoms with Crippen molar-refractivity contribution in [2.24, 2.45) is 0 Å². The number of hydrogen-bond donors (Lipinski definition) is 1. The van der Waals surface area contributed by atoms with Gasteiger partial charge in [0.15, 0.2) is 0 Å². The molecule has 7 heteroatoms. The second-order valence-corrected chi connectivity index (χ2v) is 4.89. The lowest BCUT2D eigenvalue weighted by molar-refractivity contribution is -0.137. The van der Waals surface area contributed by atoms with E-state index < -0.39 is 17.7 Å².